The first-order valence-electron chi connectivity index (χ1n) is 11.1. The van der Waals surface area contributed by atoms with Gasteiger partial charge in [-0.25, -0.2) is 4.98 Å². The zero-order valence-electron chi connectivity index (χ0n) is 19.5. The fourth-order valence-electron chi connectivity index (χ4n) is 3.24. The second-order valence-electron chi connectivity index (χ2n) is 7.47. The Balaban J connectivity index is 1.33. The minimum Gasteiger partial charge on any atom is -0.497 e. The molecule has 0 fully saturated rings. The number of hydrogen-bond donors (Lipinski definition) is 1. The first-order valence-corrected chi connectivity index (χ1v) is 12.0. The van der Waals surface area contributed by atoms with Gasteiger partial charge in [0.15, 0.2) is 5.13 Å². The van der Waals surface area contributed by atoms with Gasteiger partial charge < -0.3 is 14.2 Å². The summed E-state index contributed by atoms with van der Waals surface area (Å²) in [5.74, 6) is 1.56. The van der Waals surface area contributed by atoms with Crippen LogP contribution in [0.3, 0.4) is 0 Å². The van der Waals surface area contributed by atoms with Gasteiger partial charge in [0.05, 0.1) is 12.8 Å². The lowest BCUT2D eigenvalue weighted by atomic mass is 10.1. The van der Waals surface area contributed by atoms with Crippen LogP contribution in [-0.2, 0) is 4.79 Å². The minimum absolute atomic E-state index is 0.0357. The van der Waals surface area contributed by atoms with E-state index in [0.29, 0.717) is 29.7 Å². The van der Waals surface area contributed by atoms with Gasteiger partial charge in [-0.2, -0.15) is 5.26 Å². The van der Waals surface area contributed by atoms with Crippen molar-refractivity contribution in [3.63, 3.8) is 0 Å². The number of ether oxygens (including phenoxy) is 3. The average Bonchev–Trinajstić information content (AvgIpc) is 3.39. The lowest BCUT2D eigenvalue weighted by molar-refractivity contribution is -0.112. The molecule has 0 bridgehead atoms. The molecule has 0 radical (unpaired) electrons. The number of anilines is 1. The molecule has 3 aromatic carbocycles. The molecular formula is C28H23N3O4S. The van der Waals surface area contributed by atoms with E-state index in [-0.39, 0.29) is 5.57 Å². The van der Waals surface area contributed by atoms with Crippen molar-refractivity contribution in [1.82, 2.24) is 4.98 Å². The van der Waals surface area contributed by atoms with Crippen molar-refractivity contribution in [2.45, 2.75) is 0 Å². The van der Waals surface area contributed by atoms with Crippen LogP contribution in [0.15, 0.2) is 89.8 Å². The Hall–Kier alpha value is -4.61. The van der Waals surface area contributed by atoms with Gasteiger partial charge in [0, 0.05) is 10.9 Å². The van der Waals surface area contributed by atoms with Crippen LogP contribution >= 0.6 is 11.3 Å². The molecule has 1 N–H and O–H groups in total. The van der Waals surface area contributed by atoms with Crippen molar-refractivity contribution < 1.29 is 19.0 Å². The lowest BCUT2D eigenvalue weighted by Crippen LogP contribution is -2.13. The van der Waals surface area contributed by atoms with Crippen LogP contribution < -0.4 is 19.5 Å². The molecule has 8 heteroatoms. The Morgan fingerprint density at radius 2 is 1.69 bits per heavy atom. The van der Waals surface area contributed by atoms with Crippen LogP contribution in [-0.4, -0.2) is 31.2 Å². The third kappa shape index (κ3) is 6.72. The van der Waals surface area contributed by atoms with Crippen molar-refractivity contribution >= 4 is 28.5 Å². The number of benzene rings is 3. The molecule has 0 spiro atoms. The van der Waals surface area contributed by atoms with Crippen molar-refractivity contribution in [2.24, 2.45) is 0 Å². The Labute approximate surface area is 213 Å². The van der Waals surface area contributed by atoms with Crippen molar-refractivity contribution in [3.8, 4) is 34.6 Å². The molecule has 0 unspecified atom stereocenters. The number of nitrogens with zero attached hydrogens (tertiary/aromatic N) is 2. The van der Waals surface area contributed by atoms with Gasteiger partial charge in [0.2, 0.25) is 0 Å². The smallest absolute Gasteiger partial charge is 0.268 e. The van der Waals surface area contributed by atoms with Gasteiger partial charge in [-0.15, -0.1) is 11.3 Å². The second-order valence-corrected chi connectivity index (χ2v) is 8.33. The number of amides is 1. The molecule has 0 saturated heterocycles. The number of rotatable bonds is 10. The number of aromatic nitrogens is 1. The summed E-state index contributed by atoms with van der Waals surface area (Å²) in [6, 6.07) is 26.1. The maximum absolute atomic E-state index is 12.7. The molecule has 4 aromatic rings. The van der Waals surface area contributed by atoms with E-state index in [4.69, 9.17) is 14.2 Å². The van der Waals surface area contributed by atoms with E-state index >= 15 is 0 Å². The number of nitriles is 1. The van der Waals surface area contributed by atoms with Crippen LogP contribution in [0.4, 0.5) is 5.13 Å². The van der Waals surface area contributed by atoms with Crippen molar-refractivity contribution in [3.05, 3.63) is 95.4 Å². The third-order valence-corrected chi connectivity index (χ3v) is 5.77. The maximum atomic E-state index is 12.7. The zero-order chi connectivity index (χ0) is 25.2. The molecule has 7 nitrogen and oxygen atoms in total. The molecule has 0 aliphatic heterocycles. The van der Waals surface area contributed by atoms with Crippen LogP contribution in [0.5, 0.6) is 17.2 Å². The van der Waals surface area contributed by atoms with Crippen LogP contribution in [0.1, 0.15) is 5.56 Å². The van der Waals surface area contributed by atoms with E-state index in [0.717, 1.165) is 22.8 Å². The Morgan fingerprint density at radius 1 is 0.972 bits per heavy atom. The summed E-state index contributed by atoms with van der Waals surface area (Å²) in [6.07, 6.45) is 1.52. The van der Waals surface area contributed by atoms with E-state index in [9.17, 15) is 10.1 Å². The lowest BCUT2D eigenvalue weighted by Gasteiger charge is -2.09. The molecule has 180 valence electrons. The maximum Gasteiger partial charge on any atom is 0.268 e. The summed E-state index contributed by atoms with van der Waals surface area (Å²) in [5, 5.41) is 14.5. The first kappa shape index (κ1) is 24.5. The SMILES string of the molecule is COc1ccc(OCCOc2cccc(C=C(C#N)C(=O)Nc3nc(-c4ccccc4)cs3)c2)cc1. The van der Waals surface area contributed by atoms with E-state index in [1.165, 1.54) is 17.4 Å². The zero-order valence-corrected chi connectivity index (χ0v) is 20.3. The van der Waals surface area contributed by atoms with Gasteiger partial charge in [0.25, 0.3) is 5.91 Å². The Bertz CT molecular complexity index is 1380. The van der Waals surface area contributed by atoms with Crippen LogP contribution in [0, 0.1) is 11.3 Å². The molecule has 1 aromatic heterocycles. The molecule has 0 atom stereocenters. The predicted octanol–water partition coefficient (Wildman–Crippen LogP) is 5.82. The highest BCUT2D eigenvalue weighted by molar-refractivity contribution is 7.14. The summed E-state index contributed by atoms with van der Waals surface area (Å²) in [7, 11) is 1.61. The number of carbonyl (C=O) groups is 1. The average molecular weight is 498 g/mol. The van der Waals surface area contributed by atoms with E-state index in [1.54, 1.807) is 31.4 Å². The summed E-state index contributed by atoms with van der Waals surface area (Å²) in [6.45, 7) is 0.690. The molecule has 1 amide bonds. The summed E-state index contributed by atoms with van der Waals surface area (Å²) < 4.78 is 16.6. The molecule has 4 rings (SSSR count). The monoisotopic (exact) mass is 497 g/mol. The standard InChI is InChI=1S/C28H23N3O4S/c1-33-23-10-12-24(13-11-23)34-14-15-35-25-9-5-6-20(17-25)16-22(18-29)27(32)31-28-30-26(19-36-28)21-7-3-2-4-8-21/h2-13,16-17,19H,14-15H2,1H3,(H,30,31,32). The molecule has 1 heterocycles. The highest BCUT2D eigenvalue weighted by Crippen LogP contribution is 2.25. The summed E-state index contributed by atoms with van der Waals surface area (Å²) >= 11 is 1.30. The number of nitrogens with one attached hydrogen (secondary N) is 1. The number of methoxy groups -OCH3 is 1. The van der Waals surface area contributed by atoms with Crippen LogP contribution in [0.2, 0.25) is 0 Å². The molecule has 0 saturated carbocycles. The van der Waals surface area contributed by atoms with E-state index in [2.05, 4.69) is 10.3 Å². The Kier molecular flexibility index (Phi) is 8.31. The van der Waals surface area contributed by atoms with Crippen molar-refractivity contribution in [1.29, 1.82) is 5.26 Å². The summed E-state index contributed by atoms with van der Waals surface area (Å²) in [4.78, 5) is 17.1. The largest absolute Gasteiger partial charge is 0.497 e. The van der Waals surface area contributed by atoms with Gasteiger partial charge in [-0.05, 0) is 48.0 Å². The highest BCUT2D eigenvalue weighted by Gasteiger charge is 2.13. The Morgan fingerprint density at radius 3 is 2.42 bits per heavy atom. The van der Waals surface area contributed by atoms with Gasteiger partial charge in [-0.1, -0.05) is 42.5 Å². The minimum atomic E-state index is -0.523. The predicted molar refractivity (Wildman–Crippen MR) is 140 cm³/mol. The van der Waals surface area contributed by atoms with Crippen molar-refractivity contribution in [2.75, 3.05) is 25.6 Å². The quantitative estimate of drug-likeness (QED) is 0.169. The molecule has 0 aliphatic rings. The fourth-order valence-corrected chi connectivity index (χ4v) is 3.95. The molecular weight excluding hydrogens is 474 g/mol. The second kappa shape index (κ2) is 12.2. The number of carbonyl (C=O) groups excluding carboxylic acids is 1. The molecule has 36 heavy (non-hydrogen) atoms. The fraction of sp³-hybridized carbons (Fsp3) is 0.107. The highest BCUT2D eigenvalue weighted by atomic mass is 32.1. The normalized spacial score (nSPS) is 10.8. The topological polar surface area (TPSA) is 93.5 Å². The third-order valence-electron chi connectivity index (χ3n) is 5.01. The van der Waals surface area contributed by atoms with E-state index < -0.39 is 5.91 Å². The number of hydrogen-bond acceptors (Lipinski definition) is 7. The first-order chi connectivity index (χ1) is 17.6. The van der Waals surface area contributed by atoms with Gasteiger partial charge >= 0.3 is 0 Å². The number of thiazole rings is 1. The van der Waals surface area contributed by atoms with Crippen LogP contribution in [0.25, 0.3) is 17.3 Å². The van der Waals surface area contributed by atoms with Gasteiger partial charge in [-0.3, -0.25) is 10.1 Å². The summed E-state index contributed by atoms with van der Waals surface area (Å²) in [5.41, 5.74) is 2.35. The van der Waals surface area contributed by atoms with Gasteiger partial charge in [0.1, 0.15) is 42.1 Å². The van der Waals surface area contributed by atoms with E-state index in [1.807, 2.05) is 66.0 Å². The molecule has 0 aliphatic carbocycles.